The van der Waals surface area contributed by atoms with Crippen LogP contribution in [0.5, 0.6) is 0 Å². The van der Waals surface area contributed by atoms with Gasteiger partial charge in [0.2, 0.25) is 5.95 Å². The highest BCUT2D eigenvalue weighted by Crippen LogP contribution is 2.39. The molecule has 2 fully saturated rings. The number of hydrogen-bond acceptors (Lipinski definition) is 5. The third kappa shape index (κ3) is 2.91. The van der Waals surface area contributed by atoms with Crippen LogP contribution in [0.4, 0.5) is 11.6 Å². The van der Waals surface area contributed by atoms with Crippen LogP contribution in [-0.2, 0) is 0 Å². The molecule has 4 heterocycles. The third-order valence-electron chi connectivity index (χ3n) is 4.98. The Kier molecular flexibility index (Phi) is 3.52. The molecule has 7 heteroatoms. The van der Waals surface area contributed by atoms with Crippen molar-refractivity contribution in [2.45, 2.75) is 18.8 Å². The lowest BCUT2D eigenvalue weighted by atomic mass is 10.3. The van der Waals surface area contributed by atoms with E-state index >= 15 is 0 Å². The van der Waals surface area contributed by atoms with Crippen molar-refractivity contribution in [3.63, 3.8) is 0 Å². The van der Waals surface area contributed by atoms with Gasteiger partial charge in [0.15, 0.2) is 0 Å². The number of anilines is 2. The van der Waals surface area contributed by atoms with E-state index in [1.807, 2.05) is 0 Å². The summed E-state index contributed by atoms with van der Waals surface area (Å²) in [6.07, 6.45) is 10.3. The topological polar surface area (TPSA) is 49.6 Å². The lowest BCUT2D eigenvalue weighted by Crippen LogP contribution is -2.47. The van der Waals surface area contributed by atoms with E-state index in [1.54, 1.807) is 12.4 Å². The number of fused-ring (bicyclic) bond motifs is 1. The molecule has 2 aliphatic rings. The summed E-state index contributed by atoms with van der Waals surface area (Å²) in [6.45, 7) is 3.69. The monoisotopic (exact) mass is 354 g/mol. The molecule has 25 heavy (non-hydrogen) atoms. The standard InChI is InChI=1S/C18H19ClN6/c19-14-9-20-18(21-10-14)24-7-5-23(6-8-24)15-3-4-17-22-16(13-1-2-13)12-25(17)11-15/h3-4,9-13H,1-2,5-8H2. The molecule has 0 unspecified atom stereocenters. The number of pyridine rings is 1. The summed E-state index contributed by atoms with van der Waals surface area (Å²) in [5.41, 5.74) is 3.52. The number of imidazole rings is 1. The van der Waals surface area contributed by atoms with Crippen LogP contribution in [0, 0.1) is 0 Å². The van der Waals surface area contributed by atoms with Crippen LogP contribution in [0.1, 0.15) is 24.5 Å². The lowest BCUT2D eigenvalue weighted by Gasteiger charge is -2.36. The van der Waals surface area contributed by atoms with Gasteiger partial charge in [-0.25, -0.2) is 15.0 Å². The van der Waals surface area contributed by atoms with Crippen molar-refractivity contribution < 1.29 is 0 Å². The summed E-state index contributed by atoms with van der Waals surface area (Å²) in [5, 5.41) is 0.571. The van der Waals surface area contributed by atoms with Crippen molar-refractivity contribution >= 4 is 28.9 Å². The summed E-state index contributed by atoms with van der Waals surface area (Å²) < 4.78 is 2.16. The molecule has 3 aromatic heterocycles. The molecule has 0 bridgehead atoms. The molecule has 0 radical (unpaired) electrons. The summed E-state index contributed by atoms with van der Waals surface area (Å²) >= 11 is 5.87. The number of hydrogen-bond donors (Lipinski definition) is 0. The van der Waals surface area contributed by atoms with Gasteiger partial charge in [0.1, 0.15) is 5.65 Å². The fourth-order valence-corrected chi connectivity index (χ4v) is 3.49. The van der Waals surface area contributed by atoms with Crippen LogP contribution < -0.4 is 9.80 Å². The lowest BCUT2D eigenvalue weighted by molar-refractivity contribution is 0.639. The first-order valence-corrected chi connectivity index (χ1v) is 9.10. The van der Waals surface area contributed by atoms with E-state index < -0.39 is 0 Å². The van der Waals surface area contributed by atoms with Gasteiger partial charge < -0.3 is 14.2 Å². The smallest absolute Gasteiger partial charge is 0.225 e. The van der Waals surface area contributed by atoms with Crippen molar-refractivity contribution in [2.75, 3.05) is 36.0 Å². The van der Waals surface area contributed by atoms with Crippen LogP contribution in [0.25, 0.3) is 5.65 Å². The highest BCUT2D eigenvalue weighted by atomic mass is 35.5. The first-order valence-electron chi connectivity index (χ1n) is 8.72. The Balaban J connectivity index is 1.31. The summed E-state index contributed by atoms with van der Waals surface area (Å²) in [5.74, 6) is 1.44. The highest BCUT2D eigenvalue weighted by molar-refractivity contribution is 6.30. The average Bonchev–Trinajstić information content (AvgIpc) is 3.41. The second kappa shape index (κ2) is 5.88. The molecule has 0 spiro atoms. The van der Waals surface area contributed by atoms with Crippen LogP contribution in [0.3, 0.4) is 0 Å². The van der Waals surface area contributed by atoms with Gasteiger partial charge in [0.25, 0.3) is 0 Å². The molecule has 1 saturated carbocycles. The zero-order valence-electron chi connectivity index (χ0n) is 13.8. The Morgan fingerprint density at radius 1 is 0.920 bits per heavy atom. The Morgan fingerprint density at radius 2 is 1.64 bits per heavy atom. The van der Waals surface area contributed by atoms with Gasteiger partial charge in [0, 0.05) is 44.5 Å². The summed E-state index contributed by atoms with van der Waals surface area (Å²) in [4.78, 5) is 18.0. The van der Waals surface area contributed by atoms with Crippen molar-refractivity contribution in [3.05, 3.63) is 47.6 Å². The Hall–Kier alpha value is -2.34. The number of aromatic nitrogens is 4. The second-order valence-corrected chi connectivity index (χ2v) is 7.20. The number of piperazine rings is 1. The quantitative estimate of drug-likeness (QED) is 0.723. The fourth-order valence-electron chi connectivity index (χ4n) is 3.40. The fraction of sp³-hybridized carbons (Fsp3) is 0.389. The van der Waals surface area contributed by atoms with E-state index in [-0.39, 0.29) is 0 Å². The molecule has 0 atom stereocenters. The average molecular weight is 355 g/mol. The molecule has 1 aliphatic carbocycles. The first kappa shape index (κ1) is 15.0. The van der Waals surface area contributed by atoms with Crippen molar-refractivity contribution in [2.24, 2.45) is 0 Å². The maximum Gasteiger partial charge on any atom is 0.225 e. The maximum atomic E-state index is 5.87. The highest BCUT2D eigenvalue weighted by Gasteiger charge is 2.26. The van der Waals surface area contributed by atoms with E-state index in [9.17, 15) is 0 Å². The van der Waals surface area contributed by atoms with Gasteiger partial charge in [0.05, 0.1) is 28.8 Å². The molecule has 1 saturated heterocycles. The van der Waals surface area contributed by atoms with E-state index in [0.717, 1.165) is 37.8 Å². The predicted molar refractivity (Wildman–Crippen MR) is 98.6 cm³/mol. The zero-order chi connectivity index (χ0) is 16.8. The van der Waals surface area contributed by atoms with Gasteiger partial charge in [-0.15, -0.1) is 0 Å². The van der Waals surface area contributed by atoms with Gasteiger partial charge in [-0.3, -0.25) is 0 Å². The van der Waals surface area contributed by atoms with E-state index in [4.69, 9.17) is 16.6 Å². The molecule has 6 nitrogen and oxygen atoms in total. The first-order chi connectivity index (χ1) is 12.3. The molecule has 0 N–H and O–H groups in total. The van der Waals surface area contributed by atoms with E-state index in [0.29, 0.717) is 10.9 Å². The Bertz CT molecular complexity index is 894. The normalized spacial score (nSPS) is 18.1. The SMILES string of the molecule is Clc1cnc(N2CCN(c3ccc4nc(C5CC5)cn4c3)CC2)nc1. The minimum atomic E-state index is 0.571. The second-order valence-electron chi connectivity index (χ2n) is 6.77. The molecule has 128 valence electrons. The van der Waals surface area contributed by atoms with Crippen molar-refractivity contribution in [3.8, 4) is 0 Å². The van der Waals surface area contributed by atoms with Crippen LogP contribution in [0.2, 0.25) is 5.02 Å². The minimum Gasteiger partial charge on any atom is -0.367 e. The summed E-state index contributed by atoms with van der Waals surface area (Å²) in [6, 6.07) is 4.29. The summed E-state index contributed by atoms with van der Waals surface area (Å²) in [7, 11) is 0. The number of rotatable bonds is 3. The van der Waals surface area contributed by atoms with Crippen LogP contribution in [-0.4, -0.2) is 45.5 Å². The molecule has 1 aliphatic heterocycles. The number of halogens is 1. The van der Waals surface area contributed by atoms with Crippen LogP contribution >= 0.6 is 11.6 Å². The molecular formula is C18H19ClN6. The van der Waals surface area contributed by atoms with Crippen molar-refractivity contribution in [1.29, 1.82) is 0 Å². The van der Waals surface area contributed by atoms with Gasteiger partial charge >= 0.3 is 0 Å². The largest absolute Gasteiger partial charge is 0.367 e. The predicted octanol–water partition coefficient (Wildman–Crippen LogP) is 2.98. The Morgan fingerprint density at radius 3 is 2.36 bits per heavy atom. The third-order valence-corrected chi connectivity index (χ3v) is 5.18. The Labute approximate surface area is 151 Å². The molecular weight excluding hydrogens is 336 g/mol. The molecule has 0 amide bonds. The molecule has 5 rings (SSSR count). The molecule has 3 aromatic rings. The van der Waals surface area contributed by atoms with Crippen molar-refractivity contribution in [1.82, 2.24) is 19.4 Å². The van der Waals surface area contributed by atoms with Gasteiger partial charge in [-0.1, -0.05) is 11.6 Å². The minimum absolute atomic E-state index is 0.571. The molecule has 0 aromatic carbocycles. The van der Waals surface area contributed by atoms with E-state index in [2.05, 4.69) is 48.7 Å². The van der Waals surface area contributed by atoms with Crippen LogP contribution in [0.15, 0.2) is 36.9 Å². The zero-order valence-corrected chi connectivity index (χ0v) is 14.6. The van der Waals surface area contributed by atoms with Gasteiger partial charge in [-0.2, -0.15) is 0 Å². The van der Waals surface area contributed by atoms with Gasteiger partial charge in [-0.05, 0) is 25.0 Å². The maximum absolute atomic E-state index is 5.87. The number of nitrogens with zero attached hydrogens (tertiary/aromatic N) is 6. The van der Waals surface area contributed by atoms with E-state index in [1.165, 1.54) is 24.2 Å².